The molecule has 2 atom stereocenters. The van der Waals surface area contributed by atoms with Crippen LogP contribution in [0.5, 0.6) is 11.5 Å². The van der Waals surface area contributed by atoms with E-state index in [4.69, 9.17) is 25.8 Å². The van der Waals surface area contributed by atoms with Crippen LogP contribution in [0, 0.1) is 5.92 Å². The third kappa shape index (κ3) is 5.00. The van der Waals surface area contributed by atoms with Crippen LogP contribution < -0.4 is 14.8 Å². The number of esters is 1. The molecule has 0 bridgehead atoms. The number of dihydropyridines is 1. The molecule has 0 amide bonds. The molecule has 0 fully saturated rings. The van der Waals surface area contributed by atoms with Crippen molar-refractivity contribution in [1.29, 1.82) is 0 Å². The molecule has 2 aromatic carbocycles. The Kier molecular flexibility index (Phi) is 7.74. The molecular formula is C29H32ClNO5. The highest BCUT2D eigenvalue weighted by Gasteiger charge is 2.42. The summed E-state index contributed by atoms with van der Waals surface area (Å²) in [7, 11) is 3.13. The van der Waals surface area contributed by atoms with Gasteiger partial charge in [-0.2, -0.15) is 0 Å². The van der Waals surface area contributed by atoms with E-state index < -0.39 is 11.9 Å². The number of ether oxygens (including phenoxy) is 3. The van der Waals surface area contributed by atoms with Crippen LogP contribution in [0.2, 0.25) is 5.02 Å². The SMILES string of the molecule is COc1cccc([C@H]2C(C(=O)OCC(C)C)=C(C)NC3=C2C(=O)C[C@H](c2ccc(Cl)cc2)C3)c1OC. The minimum Gasteiger partial charge on any atom is -0.493 e. The van der Waals surface area contributed by atoms with Gasteiger partial charge in [-0.1, -0.05) is 49.7 Å². The molecule has 1 aliphatic carbocycles. The van der Waals surface area contributed by atoms with E-state index in [0.29, 0.717) is 51.8 Å². The fourth-order valence-electron chi connectivity index (χ4n) is 5.05. The molecule has 4 rings (SSSR count). The number of allylic oxidation sites excluding steroid dienone is 3. The molecule has 2 aromatic rings. The first-order valence-corrected chi connectivity index (χ1v) is 12.5. The van der Waals surface area contributed by atoms with Gasteiger partial charge in [0.05, 0.1) is 32.3 Å². The Morgan fingerprint density at radius 3 is 2.44 bits per heavy atom. The second-order valence-electron chi connectivity index (χ2n) is 9.64. The van der Waals surface area contributed by atoms with Crippen LogP contribution in [0.4, 0.5) is 0 Å². The number of hydrogen-bond acceptors (Lipinski definition) is 6. The van der Waals surface area contributed by atoms with Gasteiger partial charge >= 0.3 is 5.97 Å². The summed E-state index contributed by atoms with van der Waals surface area (Å²) >= 11 is 6.08. The number of Topliss-reactive ketones (excluding diaryl/α,β-unsaturated/α-hetero) is 1. The molecule has 0 aromatic heterocycles. The number of benzene rings is 2. The molecular weight excluding hydrogens is 478 g/mol. The lowest BCUT2D eigenvalue weighted by molar-refractivity contribution is -0.140. The number of para-hydroxylation sites is 1. The van der Waals surface area contributed by atoms with Gasteiger partial charge in [0.2, 0.25) is 0 Å². The average molecular weight is 510 g/mol. The third-order valence-corrected chi connectivity index (χ3v) is 6.93. The Balaban J connectivity index is 1.83. The Morgan fingerprint density at radius 2 is 1.81 bits per heavy atom. The van der Waals surface area contributed by atoms with E-state index in [1.54, 1.807) is 20.3 Å². The number of halogens is 1. The number of carbonyl (C=O) groups is 2. The lowest BCUT2D eigenvalue weighted by atomic mass is 9.71. The number of methoxy groups -OCH3 is 2. The highest BCUT2D eigenvalue weighted by Crippen LogP contribution is 2.49. The topological polar surface area (TPSA) is 73.9 Å². The summed E-state index contributed by atoms with van der Waals surface area (Å²) < 4.78 is 16.9. The maximum Gasteiger partial charge on any atom is 0.336 e. The summed E-state index contributed by atoms with van der Waals surface area (Å²) in [5, 5.41) is 4.04. The van der Waals surface area contributed by atoms with Gasteiger partial charge in [0.1, 0.15) is 0 Å². The van der Waals surface area contributed by atoms with Gasteiger partial charge in [-0.25, -0.2) is 4.79 Å². The van der Waals surface area contributed by atoms with Crippen LogP contribution in [-0.4, -0.2) is 32.6 Å². The van der Waals surface area contributed by atoms with Crippen molar-refractivity contribution in [2.45, 2.75) is 45.4 Å². The maximum atomic E-state index is 13.8. The van der Waals surface area contributed by atoms with Crippen molar-refractivity contribution in [3.05, 3.63) is 81.2 Å². The van der Waals surface area contributed by atoms with Gasteiger partial charge in [-0.3, -0.25) is 4.79 Å². The quantitative estimate of drug-likeness (QED) is 0.467. The van der Waals surface area contributed by atoms with E-state index in [1.807, 2.05) is 57.2 Å². The standard InChI is InChI=1S/C29H32ClNO5/c1-16(2)15-36-29(33)25-17(3)31-22-13-19(18-9-11-20(30)12-10-18)14-23(32)27(22)26(25)21-7-6-8-24(34-4)28(21)35-5/h6-12,16,19,26,31H,13-15H2,1-5H3/t19-,26+/m1/s1. The van der Waals surface area contributed by atoms with Crippen molar-refractivity contribution in [1.82, 2.24) is 5.32 Å². The van der Waals surface area contributed by atoms with Gasteiger partial charge in [-0.05, 0) is 48.9 Å². The predicted octanol–water partition coefficient (Wildman–Crippen LogP) is 5.92. The first-order valence-electron chi connectivity index (χ1n) is 12.1. The molecule has 0 unspecified atom stereocenters. The molecule has 6 nitrogen and oxygen atoms in total. The van der Waals surface area contributed by atoms with Crippen LogP contribution in [0.1, 0.15) is 56.6 Å². The van der Waals surface area contributed by atoms with Gasteiger partial charge in [0.15, 0.2) is 17.3 Å². The van der Waals surface area contributed by atoms with Crippen LogP contribution in [0.15, 0.2) is 65.0 Å². The third-order valence-electron chi connectivity index (χ3n) is 6.68. The molecule has 1 heterocycles. The zero-order valence-corrected chi connectivity index (χ0v) is 22.1. The first kappa shape index (κ1) is 25.8. The van der Waals surface area contributed by atoms with Gasteiger partial charge in [-0.15, -0.1) is 0 Å². The number of hydrogen-bond donors (Lipinski definition) is 1. The fraction of sp³-hybridized carbons (Fsp3) is 0.379. The van der Waals surface area contributed by atoms with Crippen LogP contribution >= 0.6 is 11.6 Å². The van der Waals surface area contributed by atoms with E-state index in [9.17, 15) is 9.59 Å². The van der Waals surface area contributed by atoms with Crippen molar-refractivity contribution >= 4 is 23.4 Å². The molecule has 7 heteroatoms. The predicted molar refractivity (Wildman–Crippen MR) is 139 cm³/mol. The maximum absolute atomic E-state index is 13.8. The zero-order valence-electron chi connectivity index (χ0n) is 21.3. The van der Waals surface area contributed by atoms with E-state index in [-0.39, 0.29) is 24.2 Å². The zero-order chi connectivity index (χ0) is 26.0. The molecule has 1 aliphatic heterocycles. The fourth-order valence-corrected chi connectivity index (χ4v) is 5.18. The van der Waals surface area contributed by atoms with Crippen LogP contribution in [0.25, 0.3) is 0 Å². The number of rotatable bonds is 7. The van der Waals surface area contributed by atoms with Crippen molar-refractivity contribution in [3.8, 4) is 11.5 Å². The Hall–Kier alpha value is -3.25. The Labute approximate surface area is 217 Å². The summed E-state index contributed by atoms with van der Waals surface area (Å²) in [5.74, 6) is 0.130. The number of carbonyl (C=O) groups excluding carboxylic acids is 2. The summed E-state index contributed by atoms with van der Waals surface area (Å²) in [4.78, 5) is 27.2. The van der Waals surface area contributed by atoms with Crippen molar-refractivity contribution in [2.24, 2.45) is 5.92 Å². The molecule has 0 radical (unpaired) electrons. The number of nitrogens with one attached hydrogen (secondary N) is 1. The lowest BCUT2D eigenvalue weighted by Crippen LogP contribution is -2.36. The normalized spacial score (nSPS) is 19.7. The molecule has 0 spiro atoms. The largest absolute Gasteiger partial charge is 0.493 e. The van der Waals surface area contributed by atoms with Crippen molar-refractivity contribution in [3.63, 3.8) is 0 Å². The van der Waals surface area contributed by atoms with Gasteiger partial charge in [0.25, 0.3) is 0 Å². The molecule has 0 saturated heterocycles. The lowest BCUT2D eigenvalue weighted by Gasteiger charge is -2.37. The second kappa shape index (κ2) is 10.8. The Morgan fingerprint density at radius 1 is 1.08 bits per heavy atom. The van der Waals surface area contributed by atoms with Gasteiger partial charge < -0.3 is 19.5 Å². The van der Waals surface area contributed by atoms with E-state index in [1.165, 1.54) is 0 Å². The smallest absolute Gasteiger partial charge is 0.336 e. The average Bonchev–Trinajstić information content (AvgIpc) is 2.86. The molecule has 36 heavy (non-hydrogen) atoms. The van der Waals surface area contributed by atoms with Gasteiger partial charge in [0, 0.05) is 34.0 Å². The molecule has 2 aliphatic rings. The van der Waals surface area contributed by atoms with Crippen LogP contribution in [-0.2, 0) is 14.3 Å². The van der Waals surface area contributed by atoms with E-state index in [2.05, 4.69) is 5.32 Å². The minimum absolute atomic E-state index is 0.0103. The van der Waals surface area contributed by atoms with Crippen molar-refractivity contribution in [2.75, 3.05) is 20.8 Å². The Bertz CT molecular complexity index is 1230. The first-order chi connectivity index (χ1) is 17.2. The second-order valence-corrected chi connectivity index (χ2v) is 10.1. The minimum atomic E-state index is -0.635. The molecule has 0 saturated carbocycles. The van der Waals surface area contributed by atoms with E-state index >= 15 is 0 Å². The summed E-state index contributed by atoms with van der Waals surface area (Å²) in [6.07, 6.45) is 0.968. The summed E-state index contributed by atoms with van der Waals surface area (Å²) in [5.41, 5.74) is 4.23. The van der Waals surface area contributed by atoms with E-state index in [0.717, 1.165) is 11.3 Å². The molecule has 1 N–H and O–H groups in total. The number of ketones is 1. The van der Waals surface area contributed by atoms with Crippen LogP contribution in [0.3, 0.4) is 0 Å². The highest BCUT2D eigenvalue weighted by atomic mass is 35.5. The highest BCUT2D eigenvalue weighted by molar-refractivity contribution is 6.30. The summed E-state index contributed by atoms with van der Waals surface area (Å²) in [6, 6.07) is 13.1. The summed E-state index contributed by atoms with van der Waals surface area (Å²) in [6.45, 7) is 6.11. The monoisotopic (exact) mass is 509 g/mol. The molecule has 190 valence electrons. The van der Waals surface area contributed by atoms with Crippen molar-refractivity contribution < 1.29 is 23.8 Å².